The van der Waals surface area contributed by atoms with Gasteiger partial charge in [-0.15, -0.1) is 23.1 Å². The minimum absolute atomic E-state index is 0.190. The van der Waals surface area contributed by atoms with E-state index in [-0.39, 0.29) is 16.2 Å². The quantitative estimate of drug-likeness (QED) is 0.541. The molecule has 0 spiro atoms. The van der Waals surface area contributed by atoms with Gasteiger partial charge >= 0.3 is 0 Å². The summed E-state index contributed by atoms with van der Waals surface area (Å²) >= 11 is 2.66. The van der Waals surface area contributed by atoms with E-state index in [0.29, 0.717) is 11.3 Å². The van der Waals surface area contributed by atoms with Crippen molar-refractivity contribution in [2.75, 3.05) is 0 Å². The van der Waals surface area contributed by atoms with Crippen molar-refractivity contribution in [1.82, 2.24) is 14.6 Å². The lowest BCUT2D eigenvalue weighted by molar-refractivity contribution is 0.491. The summed E-state index contributed by atoms with van der Waals surface area (Å²) in [4.78, 5) is 17.9. The van der Waals surface area contributed by atoms with Gasteiger partial charge in [-0.25, -0.2) is 18.3 Å². The van der Waals surface area contributed by atoms with Crippen molar-refractivity contribution in [1.29, 1.82) is 0 Å². The van der Waals surface area contributed by atoms with Crippen LogP contribution in [0.1, 0.15) is 5.69 Å². The minimum Gasteiger partial charge on any atom is -0.288 e. The second-order valence-electron chi connectivity index (χ2n) is 5.27. The third-order valence-corrected chi connectivity index (χ3v) is 5.55. The molecule has 25 heavy (non-hydrogen) atoms. The number of rotatable bonds is 4. The molecule has 0 aliphatic heterocycles. The third-order valence-electron chi connectivity index (χ3n) is 3.58. The van der Waals surface area contributed by atoms with Crippen LogP contribution in [0.3, 0.4) is 0 Å². The van der Waals surface area contributed by atoms with Crippen LogP contribution in [-0.4, -0.2) is 14.6 Å². The largest absolute Gasteiger partial charge is 0.288 e. The summed E-state index contributed by atoms with van der Waals surface area (Å²) in [5.74, 6) is -1.50. The van der Waals surface area contributed by atoms with Crippen LogP contribution >= 0.6 is 23.1 Å². The summed E-state index contributed by atoms with van der Waals surface area (Å²) in [5.41, 5.74) is 1.56. The zero-order chi connectivity index (χ0) is 17.4. The Labute approximate surface area is 149 Å². The molecule has 3 heterocycles. The molecule has 1 aromatic carbocycles. The summed E-state index contributed by atoms with van der Waals surface area (Å²) in [5, 5.41) is 4.97. The number of fused-ring (bicyclic) bond motifs is 1. The molecule has 4 aromatic rings. The first-order valence-electron chi connectivity index (χ1n) is 7.34. The van der Waals surface area contributed by atoms with Crippen LogP contribution in [0.4, 0.5) is 8.78 Å². The predicted octanol–water partition coefficient (Wildman–Crippen LogP) is 4.32. The maximum atomic E-state index is 13.7. The summed E-state index contributed by atoms with van der Waals surface area (Å²) in [6, 6.07) is 11.1. The van der Waals surface area contributed by atoms with Crippen molar-refractivity contribution in [3.05, 3.63) is 75.5 Å². The smallest absolute Gasteiger partial charge is 0.272 e. The SMILES string of the molecule is O=c1cc(CSc2cccc(F)c2F)nc2cc(-c3cccs3)[nH]n12. The Hall–Kier alpha value is -2.45. The van der Waals surface area contributed by atoms with Gasteiger partial charge in [0.05, 0.1) is 16.3 Å². The Morgan fingerprint density at radius 1 is 1.20 bits per heavy atom. The molecule has 0 saturated heterocycles. The van der Waals surface area contributed by atoms with Crippen LogP contribution in [0, 0.1) is 11.6 Å². The number of benzene rings is 1. The normalized spacial score (nSPS) is 11.3. The number of nitrogens with one attached hydrogen (secondary N) is 1. The molecule has 0 fully saturated rings. The fraction of sp³-hybridized carbons (Fsp3) is 0.0588. The number of aromatic nitrogens is 3. The molecule has 3 aromatic heterocycles. The second-order valence-corrected chi connectivity index (χ2v) is 7.23. The molecule has 0 radical (unpaired) electrons. The number of thioether (sulfide) groups is 1. The van der Waals surface area contributed by atoms with E-state index in [1.165, 1.54) is 22.7 Å². The van der Waals surface area contributed by atoms with Gasteiger partial charge in [0.2, 0.25) is 0 Å². The Kier molecular flexibility index (Phi) is 4.14. The van der Waals surface area contributed by atoms with Crippen LogP contribution in [0.5, 0.6) is 0 Å². The lowest BCUT2D eigenvalue weighted by Gasteiger charge is -2.03. The topological polar surface area (TPSA) is 50.2 Å². The molecular weight excluding hydrogens is 364 g/mol. The molecule has 0 amide bonds. The van der Waals surface area contributed by atoms with Crippen molar-refractivity contribution in [2.45, 2.75) is 10.6 Å². The molecule has 4 rings (SSSR count). The van der Waals surface area contributed by atoms with Gasteiger partial charge in [0.1, 0.15) is 0 Å². The Balaban J connectivity index is 1.64. The highest BCUT2D eigenvalue weighted by Gasteiger charge is 2.11. The highest BCUT2D eigenvalue weighted by Crippen LogP contribution is 2.27. The number of halogens is 2. The number of thiophene rings is 1. The zero-order valence-corrected chi connectivity index (χ0v) is 14.3. The average Bonchev–Trinajstić information content (AvgIpc) is 3.25. The molecule has 0 aliphatic carbocycles. The van der Waals surface area contributed by atoms with E-state index >= 15 is 0 Å². The lowest BCUT2D eigenvalue weighted by Crippen LogP contribution is -2.15. The van der Waals surface area contributed by atoms with E-state index in [2.05, 4.69) is 10.1 Å². The van der Waals surface area contributed by atoms with E-state index in [1.807, 2.05) is 17.5 Å². The molecule has 0 saturated carbocycles. The van der Waals surface area contributed by atoms with Crippen LogP contribution in [0.15, 0.2) is 57.5 Å². The van der Waals surface area contributed by atoms with E-state index in [0.717, 1.165) is 28.4 Å². The summed E-state index contributed by atoms with van der Waals surface area (Å²) in [7, 11) is 0. The van der Waals surface area contributed by atoms with Gasteiger partial charge in [-0.3, -0.25) is 9.89 Å². The van der Waals surface area contributed by atoms with Crippen LogP contribution in [-0.2, 0) is 5.75 Å². The van der Waals surface area contributed by atoms with Crippen molar-refractivity contribution < 1.29 is 8.78 Å². The first-order valence-corrected chi connectivity index (χ1v) is 9.21. The molecule has 0 aliphatic rings. The first-order chi connectivity index (χ1) is 12.1. The van der Waals surface area contributed by atoms with Crippen molar-refractivity contribution in [3.63, 3.8) is 0 Å². The lowest BCUT2D eigenvalue weighted by atomic mass is 10.3. The van der Waals surface area contributed by atoms with Gasteiger partial charge in [0.25, 0.3) is 5.56 Å². The van der Waals surface area contributed by atoms with Crippen LogP contribution in [0.25, 0.3) is 16.2 Å². The molecular formula is C17H11F2N3OS2. The van der Waals surface area contributed by atoms with Gasteiger partial charge in [0.15, 0.2) is 17.3 Å². The fourth-order valence-corrected chi connectivity index (χ4v) is 3.96. The number of hydrogen-bond acceptors (Lipinski definition) is 4. The Bertz CT molecular complexity index is 1100. The van der Waals surface area contributed by atoms with Crippen molar-refractivity contribution in [2.24, 2.45) is 0 Å². The fourth-order valence-electron chi connectivity index (χ4n) is 2.42. The first kappa shape index (κ1) is 16.0. The highest BCUT2D eigenvalue weighted by atomic mass is 32.2. The van der Waals surface area contributed by atoms with Gasteiger partial charge in [-0.2, -0.15) is 0 Å². The third kappa shape index (κ3) is 3.10. The summed E-state index contributed by atoms with van der Waals surface area (Å²) < 4.78 is 28.3. The summed E-state index contributed by atoms with van der Waals surface area (Å²) in [6.45, 7) is 0. The molecule has 0 atom stereocenters. The molecule has 0 unspecified atom stereocenters. The molecule has 1 N–H and O–H groups in total. The number of aromatic amines is 1. The Morgan fingerprint density at radius 3 is 2.88 bits per heavy atom. The number of nitrogens with zero attached hydrogens (tertiary/aromatic N) is 2. The molecule has 8 heteroatoms. The Morgan fingerprint density at radius 2 is 2.08 bits per heavy atom. The molecule has 0 bridgehead atoms. The minimum atomic E-state index is -0.889. The van der Waals surface area contributed by atoms with Crippen molar-refractivity contribution in [3.8, 4) is 10.6 Å². The predicted molar refractivity (Wildman–Crippen MR) is 95.0 cm³/mol. The average molecular weight is 375 g/mol. The monoisotopic (exact) mass is 375 g/mol. The summed E-state index contributed by atoms with van der Waals surface area (Å²) in [6.07, 6.45) is 0. The zero-order valence-electron chi connectivity index (χ0n) is 12.7. The maximum absolute atomic E-state index is 13.7. The van der Waals surface area contributed by atoms with Gasteiger partial charge in [-0.05, 0) is 23.6 Å². The maximum Gasteiger partial charge on any atom is 0.272 e. The van der Waals surface area contributed by atoms with E-state index in [4.69, 9.17) is 0 Å². The highest BCUT2D eigenvalue weighted by molar-refractivity contribution is 7.98. The van der Waals surface area contributed by atoms with E-state index < -0.39 is 11.6 Å². The standard InChI is InChI=1S/C17H11F2N3OS2/c18-11-3-1-4-14(17(11)19)25-9-10-7-16(23)22-15(20-10)8-12(21-22)13-5-2-6-24-13/h1-8,21H,9H2. The van der Waals surface area contributed by atoms with Crippen molar-refractivity contribution >= 4 is 28.7 Å². The molecule has 4 nitrogen and oxygen atoms in total. The van der Waals surface area contributed by atoms with Crippen LogP contribution < -0.4 is 5.56 Å². The molecule has 126 valence electrons. The van der Waals surface area contributed by atoms with Gasteiger partial charge in [-0.1, -0.05) is 12.1 Å². The second kappa shape index (κ2) is 6.45. The van der Waals surface area contributed by atoms with E-state index in [1.54, 1.807) is 17.4 Å². The van der Waals surface area contributed by atoms with Crippen LogP contribution in [0.2, 0.25) is 0 Å². The number of hydrogen-bond donors (Lipinski definition) is 1. The van der Waals surface area contributed by atoms with Gasteiger partial charge < -0.3 is 0 Å². The van der Waals surface area contributed by atoms with E-state index in [9.17, 15) is 13.6 Å². The van der Waals surface area contributed by atoms with Gasteiger partial charge in [0, 0.05) is 22.8 Å². The number of H-pyrrole nitrogens is 1.